The highest BCUT2D eigenvalue weighted by molar-refractivity contribution is 8.18. The molecule has 1 aromatic carbocycles. The Labute approximate surface area is 163 Å². The summed E-state index contributed by atoms with van der Waals surface area (Å²) in [6.45, 7) is 1.01. The van der Waals surface area contributed by atoms with Crippen LogP contribution < -0.4 is 10.6 Å². The van der Waals surface area contributed by atoms with E-state index in [0.29, 0.717) is 16.3 Å². The molecular formula is C18H15N3O4S2. The fraction of sp³-hybridized carbons (Fsp3) is 0.111. The molecule has 0 aliphatic carbocycles. The minimum Gasteiger partial charge on any atom is -0.326 e. The van der Waals surface area contributed by atoms with Crippen molar-refractivity contribution in [2.45, 2.75) is 6.92 Å². The smallest absolute Gasteiger partial charge is 0.294 e. The van der Waals surface area contributed by atoms with Crippen molar-refractivity contribution in [3.63, 3.8) is 0 Å². The van der Waals surface area contributed by atoms with Crippen molar-refractivity contribution in [2.24, 2.45) is 0 Å². The van der Waals surface area contributed by atoms with Gasteiger partial charge >= 0.3 is 0 Å². The van der Waals surface area contributed by atoms with Gasteiger partial charge < -0.3 is 10.6 Å². The lowest BCUT2D eigenvalue weighted by atomic mass is 10.2. The second-order valence-electron chi connectivity index (χ2n) is 5.59. The molecule has 2 aromatic rings. The topological polar surface area (TPSA) is 95.6 Å². The second-order valence-corrected chi connectivity index (χ2v) is 7.57. The van der Waals surface area contributed by atoms with Crippen LogP contribution in [0.3, 0.4) is 0 Å². The summed E-state index contributed by atoms with van der Waals surface area (Å²) >= 11 is 2.27. The Bertz CT molecular complexity index is 938. The van der Waals surface area contributed by atoms with Crippen LogP contribution in [0.4, 0.5) is 16.2 Å². The number of hydrogen-bond acceptors (Lipinski definition) is 6. The maximum atomic E-state index is 12.4. The van der Waals surface area contributed by atoms with E-state index in [1.54, 1.807) is 30.3 Å². The summed E-state index contributed by atoms with van der Waals surface area (Å²) < 4.78 is 0. The molecule has 9 heteroatoms. The summed E-state index contributed by atoms with van der Waals surface area (Å²) in [5, 5.41) is 6.63. The number of anilines is 2. The Hall–Kier alpha value is -2.91. The predicted molar refractivity (Wildman–Crippen MR) is 106 cm³/mol. The molecule has 2 heterocycles. The normalized spacial score (nSPS) is 15.3. The van der Waals surface area contributed by atoms with E-state index in [1.807, 2.05) is 17.5 Å². The number of nitrogens with one attached hydrogen (secondary N) is 2. The first kappa shape index (κ1) is 18.9. The highest BCUT2D eigenvalue weighted by Crippen LogP contribution is 2.32. The van der Waals surface area contributed by atoms with E-state index < -0.39 is 17.1 Å². The molecule has 1 aromatic heterocycles. The zero-order valence-corrected chi connectivity index (χ0v) is 15.9. The third kappa shape index (κ3) is 4.83. The van der Waals surface area contributed by atoms with Crippen LogP contribution in [0.1, 0.15) is 11.8 Å². The number of imide groups is 1. The molecule has 7 nitrogen and oxygen atoms in total. The van der Waals surface area contributed by atoms with Gasteiger partial charge in [-0.1, -0.05) is 12.1 Å². The van der Waals surface area contributed by atoms with E-state index in [-0.39, 0.29) is 12.5 Å². The number of thiophene rings is 1. The molecule has 138 valence electrons. The molecule has 0 saturated carbocycles. The van der Waals surface area contributed by atoms with E-state index in [1.165, 1.54) is 18.3 Å². The number of nitrogens with zero attached hydrogens (tertiary/aromatic N) is 1. The van der Waals surface area contributed by atoms with E-state index in [0.717, 1.165) is 21.5 Å². The maximum absolute atomic E-state index is 12.4. The molecule has 3 rings (SSSR count). The Balaban J connectivity index is 1.65. The van der Waals surface area contributed by atoms with Gasteiger partial charge in [0.15, 0.2) is 0 Å². The van der Waals surface area contributed by atoms with Gasteiger partial charge in [0, 0.05) is 23.2 Å². The Morgan fingerprint density at radius 3 is 2.52 bits per heavy atom. The molecule has 4 amide bonds. The lowest BCUT2D eigenvalue weighted by molar-refractivity contribution is -0.127. The predicted octanol–water partition coefficient (Wildman–Crippen LogP) is 3.38. The molecule has 0 spiro atoms. The van der Waals surface area contributed by atoms with Crippen LogP contribution in [-0.4, -0.2) is 34.4 Å². The van der Waals surface area contributed by atoms with Crippen molar-refractivity contribution in [1.29, 1.82) is 0 Å². The summed E-state index contributed by atoms with van der Waals surface area (Å²) in [4.78, 5) is 49.9. The van der Waals surface area contributed by atoms with Gasteiger partial charge in [0.25, 0.3) is 11.1 Å². The molecule has 1 fully saturated rings. The molecule has 1 aliphatic rings. The molecule has 1 aliphatic heterocycles. The van der Waals surface area contributed by atoms with Gasteiger partial charge in [-0.05, 0) is 47.5 Å². The largest absolute Gasteiger partial charge is 0.326 e. The minimum atomic E-state index is -0.505. The van der Waals surface area contributed by atoms with Crippen LogP contribution in [0, 0.1) is 0 Å². The first-order chi connectivity index (χ1) is 12.9. The van der Waals surface area contributed by atoms with Crippen LogP contribution in [0.25, 0.3) is 6.08 Å². The van der Waals surface area contributed by atoms with Gasteiger partial charge in [-0.25, -0.2) is 0 Å². The monoisotopic (exact) mass is 401 g/mol. The van der Waals surface area contributed by atoms with Gasteiger partial charge in [0.05, 0.1) is 4.91 Å². The SMILES string of the molecule is CC(=O)Nc1cccc(NC(=O)CN2C(=O)S/C(=C\c3cccs3)C2=O)c1. The molecule has 0 unspecified atom stereocenters. The van der Waals surface area contributed by atoms with Crippen LogP contribution in [0.5, 0.6) is 0 Å². The second kappa shape index (κ2) is 8.19. The van der Waals surface area contributed by atoms with Crippen molar-refractivity contribution in [2.75, 3.05) is 17.2 Å². The van der Waals surface area contributed by atoms with Gasteiger partial charge in [0.2, 0.25) is 11.8 Å². The van der Waals surface area contributed by atoms with E-state index in [2.05, 4.69) is 10.6 Å². The zero-order valence-electron chi connectivity index (χ0n) is 14.2. The van der Waals surface area contributed by atoms with Crippen LogP contribution in [0.15, 0.2) is 46.7 Å². The molecule has 0 bridgehead atoms. The fourth-order valence-electron chi connectivity index (χ4n) is 2.36. The molecular weight excluding hydrogens is 386 g/mol. The van der Waals surface area contributed by atoms with E-state index in [4.69, 9.17) is 0 Å². The molecule has 27 heavy (non-hydrogen) atoms. The molecule has 0 atom stereocenters. The Morgan fingerprint density at radius 2 is 1.85 bits per heavy atom. The van der Waals surface area contributed by atoms with Crippen molar-refractivity contribution in [3.8, 4) is 0 Å². The number of carbonyl (C=O) groups is 4. The number of hydrogen-bond donors (Lipinski definition) is 2. The Kier molecular flexibility index (Phi) is 5.72. The third-order valence-electron chi connectivity index (χ3n) is 3.46. The van der Waals surface area contributed by atoms with E-state index >= 15 is 0 Å². The third-order valence-corrected chi connectivity index (χ3v) is 5.19. The van der Waals surface area contributed by atoms with Gasteiger partial charge in [-0.3, -0.25) is 24.1 Å². The number of carbonyl (C=O) groups excluding carboxylic acids is 4. The lowest BCUT2D eigenvalue weighted by Crippen LogP contribution is -2.36. The van der Waals surface area contributed by atoms with Crippen molar-refractivity contribution < 1.29 is 19.2 Å². The summed E-state index contributed by atoms with van der Waals surface area (Å²) in [6, 6.07) is 10.3. The van der Waals surface area contributed by atoms with E-state index in [9.17, 15) is 19.2 Å². The number of thioether (sulfide) groups is 1. The maximum Gasteiger partial charge on any atom is 0.294 e. The fourth-order valence-corrected chi connectivity index (χ4v) is 3.92. The van der Waals surface area contributed by atoms with Gasteiger partial charge in [-0.15, -0.1) is 11.3 Å². The average molecular weight is 401 g/mol. The van der Waals surface area contributed by atoms with Crippen LogP contribution in [-0.2, 0) is 14.4 Å². The van der Waals surface area contributed by atoms with Crippen molar-refractivity contribution in [1.82, 2.24) is 4.90 Å². The highest BCUT2D eigenvalue weighted by atomic mass is 32.2. The highest BCUT2D eigenvalue weighted by Gasteiger charge is 2.36. The van der Waals surface area contributed by atoms with Crippen LogP contribution >= 0.6 is 23.1 Å². The summed E-state index contributed by atoms with van der Waals surface area (Å²) in [7, 11) is 0. The minimum absolute atomic E-state index is 0.228. The number of amides is 4. The molecule has 2 N–H and O–H groups in total. The molecule has 0 radical (unpaired) electrons. The number of rotatable bonds is 5. The Morgan fingerprint density at radius 1 is 1.11 bits per heavy atom. The van der Waals surface area contributed by atoms with Crippen molar-refractivity contribution in [3.05, 3.63) is 51.6 Å². The first-order valence-corrected chi connectivity index (χ1v) is 9.58. The first-order valence-electron chi connectivity index (χ1n) is 7.89. The van der Waals surface area contributed by atoms with Crippen molar-refractivity contribution >= 4 is 63.5 Å². The van der Waals surface area contributed by atoms with Crippen LogP contribution in [0.2, 0.25) is 0 Å². The quantitative estimate of drug-likeness (QED) is 0.749. The average Bonchev–Trinajstić information content (AvgIpc) is 3.19. The number of benzene rings is 1. The van der Waals surface area contributed by atoms with Gasteiger partial charge in [0.1, 0.15) is 6.54 Å². The summed E-state index contributed by atoms with van der Waals surface area (Å²) in [6.07, 6.45) is 1.64. The standard InChI is InChI=1S/C18H15N3O4S2/c1-11(22)19-12-4-2-5-13(8-12)20-16(23)10-21-17(24)15(27-18(21)25)9-14-6-3-7-26-14/h2-9H,10H2,1H3,(H,19,22)(H,20,23)/b15-9-. The van der Waals surface area contributed by atoms with Gasteiger partial charge in [-0.2, -0.15) is 0 Å². The zero-order chi connectivity index (χ0) is 19.4. The summed E-state index contributed by atoms with van der Waals surface area (Å²) in [5.74, 6) is -1.22. The lowest BCUT2D eigenvalue weighted by Gasteiger charge is -2.13. The molecule has 1 saturated heterocycles. The summed E-state index contributed by atoms with van der Waals surface area (Å²) in [5.41, 5.74) is 0.984.